The molecule has 1 amide bonds. The molecule has 0 aliphatic carbocycles. The van der Waals surface area contributed by atoms with Gasteiger partial charge in [0, 0.05) is 24.7 Å². The molecule has 1 aromatic carbocycles. The third-order valence-electron chi connectivity index (χ3n) is 3.60. The SMILES string of the molecule is CNC1CCCN(C(=O)c2ccc(S(N)(=O)=O)c(F)c2)C1.Cl. The van der Waals surface area contributed by atoms with Crippen LogP contribution >= 0.6 is 12.4 Å². The van der Waals surface area contributed by atoms with E-state index in [0.717, 1.165) is 25.0 Å². The number of nitrogens with zero attached hydrogens (tertiary/aromatic N) is 1. The zero-order valence-corrected chi connectivity index (χ0v) is 13.7. The first-order valence-corrected chi connectivity index (χ1v) is 8.16. The van der Waals surface area contributed by atoms with Crippen LogP contribution in [0.1, 0.15) is 23.2 Å². The molecular weight excluding hydrogens is 333 g/mol. The summed E-state index contributed by atoms with van der Waals surface area (Å²) in [6.07, 6.45) is 1.86. The molecule has 124 valence electrons. The number of hydrogen-bond donors (Lipinski definition) is 2. The first-order chi connectivity index (χ1) is 9.82. The maximum Gasteiger partial charge on any atom is 0.254 e. The highest BCUT2D eigenvalue weighted by Gasteiger charge is 2.25. The molecule has 1 unspecified atom stereocenters. The molecule has 1 heterocycles. The predicted octanol–water partition coefficient (Wildman–Crippen LogP) is 0.719. The number of likely N-dealkylation sites (tertiary alicyclic amines) is 1. The van der Waals surface area contributed by atoms with Gasteiger partial charge < -0.3 is 10.2 Å². The second-order valence-corrected chi connectivity index (χ2v) is 6.60. The Morgan fingerprint density at radius 1 is 1.45 bits per heavy atom. The maximum absolute atomic E-state index is 13.8. The number of carbonyl (C=O) groups excluding carboxylic acids is 1. The topological polar surface area (TPSA) is 92.5 Å². The fourth-order valence-corrected chi connectivity index (χ4v) is 3.03. The van der Waals surface area contributed by atoms with Gasteiger partial charge in [-0.25, -0.2) is 17.9 Å². The summed E-state index contributed by atoms with van der Waals surface area (Å²) >= 11 is 0. The fraction of sp³-hybridized carbons (Fsp3) is 0.462. The lowest BCUT2D eigenvalue weighted by Crippen LogP contribution is -2.47. The van der Waals surface area contributed by atoms with Crippen molar-refractivity contribution in [1.29, 1.82) is 0 Å². The molecule has 9 heteroatoms. The summed E-state index contributed by atoms with van der Waals surface area (Å²) in [6.45, 7) is 1.16. The van der Waals surface area contributed by atoms with Crippen LogP contribution in [0.3, 0.4) is 0 Å². The molecule has 2 rings (SSSR count). The van der Waals surface area contributed by atoms with Crippen LogP contribution in [0, 0.1) is 5.82 Å². The van der Waals surface area contributed by atoms with Gasteiger partial charge in [-0.05, 0) is 38.1 Å². The molecule has 0 saturated carbocycles. The number of nitrogens with two attached hydrogens (primary N) is 1. The summed E-state index contributed by atoms with van der Waals surface area (Å²) < 4.78 is 36.1. The summed E-state index contributed by atoms with van der Waals surface area (Å²) in [6, 6.07) is 3.45. The number of benzene rings is 1. The summed E-state index contributed by atoms with van der Waals surface area (Å²) in [7, 11) is -2.29. The highest BCUT2D eigenvalue weighted by Crippen LogP contribution is 2.18. The Balaban J connectivity index is 0.00000242. The van der Waals surface area contributed by atoms with E-state index in [-0.39, 0.29) is 29.9 Å². The molecule has 3 N–H and O–H groups in total. The molecule has 1 fully saturated rings. The molecule has 1 saturated heterocycles. The number of carbonyl (C=O) groups is 1. The second-order valence-electron chi connectivity index (χ2n) is 5.07. The average molecular weight is 352 g/mol. The minimum atomic E-state index is -4.12. The van der Waals surface area contributed by atoms with Crippen LogP contribution in [-0.4, -0.2) is 45.4 Å². The van der Waals surface area contributed by atoms with E-state index in [2.05, 4.69) is 5.32 Å². The van der Waals surface area contributed by atoms with Crippen molar-refractivity contribution in [2.24, 2.45) is 5.14 Å². The Labute approximate surface area is 135 Å². The smallest absolute Gasteiger partial charge is 0.254 e. The zero-order chi connectivity index (χ0) is 15.6. The van der Waals surface area contributed by atoms with Gasteiger partial charge in [0.05, 0.1) is 0 Å². The maximum atomic E-state index is 13.8. The fourth-order valence-electron chi connectivity index (χ4n) is 2.44. The van der Waals surface area contributed by atoms with E-state index in [9.17, 15) is 17.6 Å². The third kappa shape index (κ3) is 4.16. The van der Waals surface area contributed by atoms with Crippen molar-refractivity contribution in [1.82, 2.24) is 10.2 Å². The number of rotatable bonds is 3. The van der Waals surface area contributed by atoms with Crippen molar-refractivity contribution in [3.63, 3.8) is 0 Å². The van der Waals surface area contributed by atoms with Crippen LogP contribution in [0.15, 0.2) is 23.1 Å². The molecular formula is C13H19ClFN3O3S. The van der Waals surface area contributed by atoms with Crippen molar-refractivity contribution in [3.05, 3.63) is 29.6 Å². The largest absolute Gasteiger partial charge is 0.337 e. The Bertz CT molecular complexity index is 654. The van der Waals surface area contributed by atoms with Gasteiger partial charge in [0.25, 0.3) is 5.91 Å². The van der Waals surface area contributed by atoms with E-state index < -0.39 is 20.7 Å². The predicted molar refractivity (Wildman–Crippen MR) is 83.0 cm³/mol. The normalized spacial score (nSPS) is 18.7. The lowest BCUT2D eigenvalue weighted by Gasteiger charge is -2.32. The van der Waals surface area contributed by atoms with Crippen LogP contribution in [-0.2, 0) is 10.0 Å². The number of piperidine rings is 1. The Morgan fingerprint density at radius 2 is 2.14 bits per heavy atom. The van der Waals surface area contributed by atoms with Crippen molar-refractivity contribution in [3.8, 4) is 0 Å². The van der Waals surface area contributed by atoms with Crippen LogP contribution < -0.4 is 10.5 Å². The standard InChI is InChI=1S/C13H18FN3O3S.ClH/c1-16-10-3-2-6-17(8-10)13(18)9-4-5-12(11(14)7-9)21(15,19)20;/h4-5,7,10,16H,2-3,6,8H2,1H3,(H2,15,19,20);1H. The van der Waals surface area contributed by atoms with Crippen LogP contribution in [0.25, 0.3) is 0 Å². The highest BCUT2D eigenvalue weighted by atomic mass is 35.5. The number of halogens is 2. The van der Waals surface area contributed by atoms with E-state index in [0.29, 0.717) is 13.1 Å². The van der Waals surface area contributed by atoms with Gasteiger partial charge in [-0.1, -0.05) is 0 Å². The molecule has 6 nitrogen and oxygen atoms in total. The first kappa shape index (κ1) is 18.8. The van der Waals surface area contributed by atoms with Gasteiger partial charge >= 0.3 is 0 Å². The van der Waals surface area contributed by atoms with E-state index in [1.165, 1.54) is 6.07 Å². The molecule has 1 atom stereocenters. The number of amides is 1. The van der Waals surface area contributed by atoms with Gasteiger partial charge in [0.2, 0.25) is 10.0 Å². The first-order valence-electron chi connectivity index (χ1n) is 6.62. The van der Waals surface area contributed by atoms with Crippen molar-refractivity contribution in [2.75, 3.05) is 20.1 Å². The lowest BCUT2D eigenvalue weighted by atomic mass is 10.0. The summed E-state index contributed by atoms with van der Waals surface area (Å²) in [4.78, 5) is 13.4. The molecule has 0 spiro atoms. The van der Waals surface area contributed by atoms with E-state index in [4.69, 9.17) is 5.14 Å². The quantitative estimate of drug-likeness (QED) is 0.839. The number of nitrogens with one attached hydrogen (secondary N) is 1. The van der Waals surface area contributed by atoms with Gasteiger partial charge in [-0.2, -0.15) is 0 Å². The molecule has 22 heavy (non-hydrogen) atoms. The Hall–Kier alpha value is -1.22. The Kier molecular flexibility index (Phi) is 6.30. The number of primary sulfonamides is 1. The second kappa shape index (κ2) is 7.36. The van der Waals surface area contributed by atoms with Crippen molar-refractivity contribution < 1.29 is 17.6 Å². The molecule has 0 bridgehead atoms. The van der Waals surface area contributed by atoms with E-state index in [1.54, 1.807) is 4.90 Å². The minimum absolute atomic E-state index is 0. The molecule has 1 aliphatic rings. The molecule has 0 aromatic heterocycles. The summed E-state index contributed by atoms with van der Waals surface area (Å²) in [5.41, 5.74) is 0.122. The summed E-state index contributed by atoms with van der Waals surface area (Å²) in [5.74, 6) is -1.32. The van der Waals surface area contributed by atoms with Gasteiger partial charge in [-0.15, -0.1) is 12.4 Å². The molecule has 1 aliphatic heterocycles. The minimum Gasteiger partial charge on any atom is -0.337 e. The number of sulfonamides is 1. The zero-order valence-electron chi connectivity index (χ0n) is 12.1. The van der Waals surface area contributed by atoms with Gasteiger partial charge in [0.1, 0.15) is 10.7 Å². The highest BCUT2D eigenvalue weighted by molar-refractivity contribution is 7.89. The third-order valence-corrected chi connectivity index (χ3v) is 4.55. The van der Waals surface area contributed by atoms with Gasteiger partial charge in [0.15, 0.2) is 0 Å². The average Bonchev–Trinajstić information content (AvgIpc) is 2.45. The van der Waals surface area contributed by atoms with Crippen molar-refractivity contribution >= 4 is 28.3 Å². The number of hydrogen-bond acceptors (Lipinski definition) is 4. The molecule has 1 aromatic rings. The molecule has 0 radical (unpaired) electrons. The Morgan fingerprint density at radius 3 is 2.68 bits per heavy atom. The van der Waals surface area contributed by atoms with E-state index in [1.807, 2.05) is 7.05 Å². The van der Waals surface area contributed by atoms with E-state index >= 15 is 0 Å². The lowest BCUT2D eigenvalue weighted by molar-refractivity contribution is 0.0697. The van der Waals surface area contributed by atoms with Crippen LogP contribution in [0.4, 0.5) is 4.39 Å². The monoisotopic (exact) mass is 351 g/mol. The van der Waals surface area contributed by atoms with Crippen molar-refractivity contribution in [2.45, 2.75) is 23.8 Å². The van der Waals surface area contributed by atoms with Gasteiger partial charge in [-0.3, -0.25) is 4.79 Å². The summed E-state index contributed by atoms with van der Waals surface area (Å²) in [5, 5.41) is 8.01. The van der Waals surface area contributed by atoms with Crippen LogP contribution in [0.2, 0.25) is 0 Å². The number of likely N-dealkylation sites (N-methyl/N-ethyl adjacent to an activating group) is 1. The van der Waals surface area contributed by atoms with Crippen LogP contribution in [0.5, 0.6) is 0 Å².